The molecule has 2 rings (SSSR count). The third-order valence-corrected chi connectivity index (χ3v) is 4.17. The third kappa shape index (κ3) is 2.74. The Morgan fingerprint density at radius 1 is 1.05 bits per heavy atom. The van der Waals surface area contributed by atoms with Gasteiger partial charge in [0.15, 0.2) is 0 Å². The van der Waals surface area contributed by atoms with Crippen molar-refractivity contribution in [3.8, 4) is 0 Å². The summed E-state index contributed by atoms with van der Waals surface area (Å²) in [6, 6.07) is 3.33. The highest BCUT2D eigenvalue weighted by Crippen LogP contribution is 2.36. The van der Waals surface area contributed by atoms with Crippen LogP contribution in [0.5, 0.6) is 0 Å². The Balaban J connectivity index is 2.38. The van der Waals surface area contributed by atoms with Crippen molar-refractivity contribution in [2.24, 2.45) is 0 Å². The lowest BCUT2D eigenvalue weighted by Crippen LogP contribution is -2.41. The summed E-state index contributed by atoms with van der Waals surface area (Å²) in [4.78, 5) is 3.94. The Kier molecular flexibility index (Phi) is 3.50. The predicted molar refractivity (Wildman–Crippen MR) is 78.6 cm³/mol. The Morgan fingerprint density at radius 3 is 2.00 bits per heavy atom. The van der Waals surface area contributed by atoms with Crippen molar-refractivity contribution in [1.29, 1.82) is 0 Å². The first kappa shape index (κ1) is 15.5. The van der Waals surface area contributed by atoms with Crippen LogP contribution in [0, 0.1) is 5.95 Å². The SMILES string of the molecule is CC(C)(C)c1cc(F)nc(B2OC(C)(C)C(C)(C)O2)c1. The molecule has 0 spiro atoms. The van der Waals surface area contributed by atoms with Crippen molar-refractivity contribution in [3.05, 3.63) is 23.6 Å². The van der Waals surface area contributed by atoms with Gasteiger partial charge in [-0.1, -0.05) is 20.8 Å². The lowest BCUT2D eigenvalue weighted by Gasteiger charge is -2.32. The van der Waals surface area contributed by atoms with E-state index >= 15 is 0 Å². The molecule has 0 aliphatic carbocycles. The quantitative estimate of drug-likeness (QED) is 0.585. The fourth-order valence-corrected chi connectivity index (χ4v) is 2.03. The summed E-state index contributed by atoms with van der Waals surface area (Å²) < 4.78 is 25.6. The maximum Gasteiger partial charge on any atom is 0.514 e. The largest absolute Gasteiger partial charge is 0.514 e. The van der Waals surface area contributed by atoms with Gasteiger partial charge in [0.2, 0.25) is 5.95 Å². The second-order valence-electron chi connectivity index (χ2n) is 7.44. The van der Waals surface area contributed by atoms with E-state index in [1.54, 1.807) is 0 Å². The Morgan fingerprint density at radius 2 is 1.55 bits per heavy atom. The van der Waals surface area contributed by atoms with Crippen LogP contribution in [0.2, 0.25) is 0 Å². The molecular weight excluding hydrogens is 256 g/mol. The number of halogens is 1. The molecule has 3 nitrogen and oxygen atoms in total. The first-order valence-electron chi connectivity index (χ1n) is 6.96. The average molecular weight is 279 g/mol. The van der Waals surface area contributed by atoms with Gasteiger partial charge >= 0.3 is 7.12 Å². The van der Waals surface area contributed by atoms with Crippen molar-refractivity contribution in [1.82, 2.24) is 4.98 Å². The highest BCUT2D eigenvalue weighted by atomic mass is 19.1. The van der Waals surface area contributed by atoms with Gasteiger partial charge < -0.3 is 9.31 Å². The Labute approximate surface area is 121 Å². The number of aromatic nitrogens is 1. The van der Waals surface area contributed by atoms with Gasteiger partial charge in [0.25, 0.3) is 0 Å². The van der Waals surface area contributed by atoms with Gasteiger partial charge in [0, 0.05) is 0 Å². The minimum atomic E-state index is -0.628. The second-order valence-corrected chi connectivity index (χ2v) is 7.44. The summed E-state index contributed by atoms with van der Waals surface area (Å²) in [6.45, 7) is 14.0. The number of rotatable bonds is 1. The molecule has 0 unspecified atom stereocenters. The van der Waals surface area contributed by atoms with E-state index < -0.39 is 24.3 Å². The van der Waals surface area contributed by atoms with Crippen LogP contribution in [0.3, 0.4) is 0 Å². The van der Waals surface area contributed by atoms with E-state index in [1.165, 1.54) is 6.07 Å². The molecule has 1 aliphatic heterocycles. The number of hydrogen-bond acceptors (Lipinski definition) is 3. The maximum atomic E-state index is 13.8. The monoisotopic (exact) mass is 279 g/mol. The van der Waals surface area contributed by atoms with Crippen LogP contribution in [0.4, 0.5) is 4.39 Å². The number of hydrogen-bond donors (Lipinski definition) is 0. The molecule has 1 aromatic heterocycles. The van der Waals surface area contributed by atoms with Crippen LogP contribution in [-0.4, -0.2) is 23.3 Å². The van der Waals surface area contributed by atoms with Crippen molar-refractivity contribution < 1.29 is 13.7 Å². The van der Waals surface area contributed by atoms with Gasteiger partial charge in [-0.25, -0.2) is 4.98 Å². The summed E-state index contributed by atoms with van der Waals surface area (Å²) in [7, 11) is -0.628. The van der Waals surface area contributed by atoms with E-state index in [4.69, 9.17) is 9.31 Å². The Bertz CT molecular complexity index is 507. The molecule has 1 aliphatic rings. The summed E-state index contributed by atoms with van der Waals surface area (Å²) in [5.74, 6) is -0.498. The molecule has 1 fully saturated rings. The summed E-state index contributed by atoms with van der Waals surface area (Å²) in [6.07, 6.45) is 0. The van der Waals surface area contributed by atoms with Crippen molar-refractivity contribution in [2.75, 3.05) is 0 Å². The van der Waals surface area contributed by atoms with Crippen LogP contribution in [-0.2, 0) is 14.7 Å². The lowest BCUT2D eigenvalue weighted by atomic mass is 9.79. The molecular formula is C15H23BFNO2. The first-order valence-corrected chi connectivity index (χ1v) is 6.96. The molecule has 0 amide bonds. The summed E-state index contributed by atoms with van der Waals surface area (Å²) in [5.41, 5.74) is 0.326. The van der Waals surface area contributed by atoms with Crippen molar-refractivity contribution in [3.63, 3.8) is 0 Å². The third-order valence-electron chi connectivity index (χ3n) is 4.17. The predicted octanol–water partition coefficient (Wildman–Crippen LogP) is 2.82. The zero-order valence-corrected chi connectivity index (χ0v) is 13.4. The second kappa shape index (κ2) is 4.53. The molecule has 0 radical (unpaired) electrons. The molecule has 110 valence electrons. The van der Waals surface area contributed by atoms with Crippen LogP contribution < -0.4 is 5.59 Å². The fourth-order valence-electron chi connectivity index (χ4n) is 2.03. The highest BCUT2D eigenvalue weighted by molar-refractivity contribution is 6.61. The Hall–Kier alpha value is -0.935. The fraction of sp³-hybridized carbons (Fsp3) is 0.667. The molecule has 0 N–H and O–H groups in total. The molecule has 1 aromatic rings. The van der Waals surface area contributed by atoms with E-state index in [2.05, 4.69) is 4.98 Å². The van der Waals surface area contributed by atoms with Gasteiger partial charge in [-0.15, -0.1) is 0 Å². The van der Waals surface area contributed by atoms with Crippen molar-refractivity contribution in [2.45, 2.75) is 65.1 Å². The maximum absolute atomic E-state index is 13.8. The lowest BCUT2D eigenvalue weighted by molar-refractivity contribution is 0.00578. The zero-order valence-electron chi connectivity index (χ0n) is 13.4. The molecule has 0 bridgehead atoms. The van der Waals surface area contributed by atoms with Gasteiger partial charge in [-0.3, -0.25) is 0 Å². The molecule has 1 saturated heterocycles. The molecule has 5 heteroatoms. The zero-order chi connectivity index (χ0) is 15.3. The molecule has 0 atom stereocenters. The minimum absolute atomic E-state index is 0.151. The normalized spacial score (nSPS) is 21.3. The van der Waals surface area contributed by atoms with E-state index in [1.807, 2.05) is 54.5 Å². The molecule has 0 aromatic carbocycles. The molecule has 0 saturated carbocycles. The van der Waals surface area contributed by atoms with Crippen molar-refractivity contribution >= 4 is 12.7 Å². The van der Waals surface area contributed by atoms with Gasteiger partial charge in [0.1, 0.15) is 0 Å². The van der Waals surface area contributed by atoms with Gasteiger partial charge in [-0.2, -0.15) is 4.39 Å². The number of pyridine rings is 1. The summed E-state index contributed by atoms with van der Waals surface area (Å²) in [5, 5.41) is 0. The van der Waals surface area contributed by atoms with Crippen LogP contribution >= 0.6 is 0 Å². The molecule has 2 heterocycles. The van der Waals surface area contributed by atoms with Crippen LogP contribution in [0.25, 0.3) is 0 Å². The highest BCUT2D eigenvalue weighted by Gasteiger charge is 2.52. The van der Waals surface area contributed by atoms with Crippen LogP contribution in [0.15, 0.2) is 12.1 Å². The van der Waals surface area contributed by atoms with E-state index in [9.17, 15) is 4.39 Å². The molecule has 20 heavy (non-hydrogen) atoms. The summed E-state index contributed by atoms with van der Waals surface area (Å²) >= 11 is 0. The van der Waals surface area contributed by atoms with Gasteiger partial charge in [-0.05, 0) is 50.8 Å². The van der Waals surface area contributed by atoms with E-state index in [0.29, 0.717) is 5.59 Å². The average Bonchev–Trinajstić information content (AvgIpc) is 2.46. The van der Waals surface area contributed by atoms with E-state index in [0.717, 1.165) is 5.56 Å². The smallest absolute Gasteiger partial charge is 0.398 e. The number of nitrogens with zero attached hydrogens (tertiary/aromatic N) is 1. The van der Waals surface area contributed by atoms with Gasteiger partial charge in [0.05, 0.1) is 16.8 Å². The van der Waals surface area contributed by atoms with E-state index in [-0.39, 0.29) is 5.41 Å². The topological polar surface area (TPSA) is 31.4 Å². The first-order chi connectivity index (χ1) is 8.92. The van der Waals surface area contributed by atoms with Crippen LogP contribution in [0.1, 0.15) is 54.0 Å². The minimum Gasteiger partial charge on any atom is -0.398 e. The standard InChI is InChI=1S/C15H23BFNO2/c1-13(2,3)10-8-11(18-12(17)9-10)16-19-14(4,5)15(6,7)20-16/h8-9H,1-7H3.